The SMILES string of the molecule is NC1CCCN(C(=O)Cc2ccc(-n3cnnn3)cc2)CC1. The summed E-state index contributed by atoms with van der Waals surface area (Å²) in [6, 6.07) is 7.94. The largest absolute Gasteiger partial charge is 0.342 e. The van der Waals surface area contributed by atoms with Crippen LogP contribution in [0.25, 0.3) is 5.69 Å². The molecule has 1 unspecified atom stereocenters. The van der Waals surface area contributed by atoms with Crippen molar-refractivity contribution in [1.82, 2.24) is 25.1 Å². The van der Waals surface area contributed by atoms with Crippen molar-refractivity contribution in [1.29, 1.82) is 0 Å². The van der Waals surface area contributed by atoms with Crippen LogP contribution in [0.3, 0.4) is 0 Å². The second-order valence-corrected chi connectivity index (χ2v) is 5.67. The summed E-state index contributed by atoms with van der Waals surface area (Å²) in [5, 5.41) is 11.1. The van der Waals surface area contributed by atoms with Crippen molar-refractivity contribution in [3.63, 3.8) is 0 Å². The minimum absolute atomic E-state index is 0.171. The number of hydrogen-bond acceptors (Lipinski definition) is 5. The highest BCUT2D eigenvalue weighted by molar-refractivity contribution is 5.78. The van der Waals surface area contributed by atoms with Crippen molar-refractivity contribution in [3.8, 4) is 5.69 Å². The molecule has 1 aliphatic heterocycles. The summed E-state index contributed by atoms with van der Waals surface area (Å²) < 4.78 is 1.59. The van der Waals surface area contributed by atoms with E-state index in [-0.39, 0.29) is 11.9 Å². The molecule has 1 saturated heterocycles. The molecule has 1 atom stereocenters. The van der Waals surface area contributed by atoms with Gasteiger partial charge in [0.15, 0.2) is 0 Å². The lowest BCUT2D eigenvalue weighted by atomic mass is 10.1. The standard InChI is InChI=1S/C15H20N6O/c16-13-2-1-8-20(9-7-13)15(22)10-12-3-5-14(6-4-12)21-11-17-18-19-21/h3-6,11,13H,1-2,7-10,16H2. The molecule has 22 heavy (non-hydrogen) atoms. The lowest BCUT2D eigenvalue weighted by molar-refractivity contribution is -0.130. The third-order valence-electron chi connectivity index (χ3n) is 4.03. The second kappa shape index (κ2) is 6.65. The maximum absolute atomic E-state index is 12.4. The fourth-order valence-electron chi connectivity index (χ4n) is 2.70. The first-order valence-corrected chi connectivity index (χ1v) is 7.58. The van der Waals surface area contributed by atoms with Gasteiger partial charge in [0, 0.05) is 19.1 Å². The van der Waals surface area contributed by atoms with Crippen molar-refractivity contribution in [3.05, 3.63) is 36.2 Å². The van der Waals surface area contributed by atoms with Crippen LogP contribution in [-0.4, -0.2) is 50.1 Å². The van der Waals surface area contributed by atoms with Crippen molar-refractivity contribution < 1.29 is 4.79 Å². The minimum Gasteiger partial charge on any atom is -0.342 e. The first-order valence-electron chi connectivity index (χ1n) is 7.58. The van der Waals surface area contributed by atoms with Gasteiger partial charge < -0.3 is 10.6 Å². The summed E-state index contributed by atoms with van der Waals surface area (Å²) in [6.45, 7) is 1.58. The van der Waals surface area contributed by atoms with Gasteiger partial charge in [-0.1, -0.05) is 12.1 Å². The predicted octanol–water partition coefficient (Wildman–Crippen LogP) is 0.545. The molecule has 1 fully saturated rings. The Kier molecular flexibility index (Phi) is 4.43. The third kappa shape index (κ3) is 3.48. The number of benzene rings is 1. The van der Waals surface area contributed by atoms with Crippen LogP contribution in [0.5, 0.6) is 0 Å². The first-order chi connectivity index (χ1) is 10.7. The second-order valence-electron chi connectivity index (χ2n) is 5.67. The zero-order valence-corrected chi connectivity index (χ0v) is 12.4. The predicted molar refractivity (Wildman–Crippen MR) is 81.3 cm³/mol. The van der Waals surface area contributed by atoms with E-state index >= 15 is 0 Å². The lowest BCUT2D eigenvalue weighted by Crippen LogP contribution is -2.33. The molecule has 0 aliphatic carbocycles. The van der Waals surface area contributed by atoms with Gasteiger partial charge in [-0.2, -0.15) is 0 Å². The van der Waals surface area contributed by atoms with Crippen LogP contribution >= 0.6 is 0 Å². The van der Waals surface area contributed by atoms with Crippen LogP contribution in [0.1, 0.15) is 24.8 Å². The number of likely N-dealkylation sites (tertiary alicyclic amines) is 1. The maximum Gasteiger partial charge on any atom is 0.226 e. The van der Waals surface area contributed by atoms with Gasteiger partial charge in [-0.05, 0) is 47.4 Å². The Morgan fingerprint density at radius 3 is 2.77 bits per heavy atom. The molecule has 1 aromatic heterocycles. The smallest absolute Gasteiger partial charge is 0.226 e. The highest BCUT2D eigenvalue weighted by Crippen LogP contribution is 2.13. The fraction of sp³-hybridized carbons (Fsp3) is 0.467. The van der Waals surface area contributed by atoms with E-state index in [0.717, 1.165) is 43.6 Å². The van der Waals surface area contributed by atoms with Crippen molar-refractivity contribution in [2.75, 3.05) is 13.1 Å². The molecule has 116 valence electrons. The average Bonchev–Trinajstić information content (AvgIpc) is 2.97. The van der Waals surface area contributed by atoms with E-state index < -0.39 is 0 Å². The van der Waals surface area contributed by atoms with E-state index in [4.69, 9.17) is 5.73 Å². The number of nitrogens with two attached hydrogens (primary N) is 1. The number of nitrogens with zero attached hydrogens (tertiary/aromatic N) is 5. The number of tetrazole rings is 1. The molecule has 2 heterocycles. The Morgan fingerprint density at radius 1 is 1.23 bits per heavy atom. The first kappa shape index (κ1) is 14.6. The Morgan fingerprint density at radius 2 is 2.05 bits per heavy atom. The number of carbonyl (C=O) groups excluding carboxylic acids is 1. The van der Waals surface area contributed by atoms with E-state index in [2.05, 4.69) is 15.5 Å². The van der Waals surface area contributed by atoms with Crippen molar-refractivity contribution in [2.45, 2.75) is 31.7 Å². The van der Waals surface area contributed by atoms with Gasteiger partial charge in [0.25, 0.3) is 0 Å². The number of rotatable bonds is 3. The molecule has 1 amide bonds. The molecular weight excluding hydrogens is 280 g/mol. The molecule has 0 saturated carbocycles. The van der Waals surface area contributed by atoms with Crippen LogP contribution in [0.2, 0.25) is 0 Å². The summed E-state index contributed by atoms with van der Waals surface area (Å²) >= 11 is 0. The number of carbonyl (C=O) groups is 1. The Balaban J connectivity index is 1.61. The third-order valence-corrected chi connectivity index (χ3v) is 4.03. The molecule has 1 aromatic carbocycles. The van der Waals surface area contributed by atoms with Gasteiger partial charge >= 0.3 is 0 Å². The highest BCUT2D eigenvalue weighted by Gasteiger charge is 2.18. The Labute approximate surface area is 129 Å². The minimum atomic E-state index is 0.171. The lowest BCUT2D eigenvalue weighted by Gasteiger charge is -2.20. The average molecular weight is 300 g/mol. The number of hydrogen-bond donors (Lipinski definition) is 1. The summed E-state index contributed by atoms with van der Waals surface area (Å²) in [5.41, 5.74) is 7.83. The molecule has 7 nitrogen and oxygen atoms in total. The van der Waals surface area contributed by atoms with E-state index in [9.17, 15) is 4.79 Å². The van der Waals surface area contributed by atoms with Gasteiger partial charge in [-0.25, -0.2) is 4.68 Å². The fourth-order valence-corrected chi connectivity index (χ4v) is 2.70. The van der Waals surface area contributed by atoms with Gasteiger partial charge in [0.1, 0.15) is 6.33 Å². The van der Waals surface area contributed by atoms with Gasteiger partial charge in [-0.3, -0.25) is 4.79 Å². The van der Waals surface area contributed by atoms with Gasteiger partial charge in [0.05, 0.1) is 12.1 Å². The van der Waals surface area contributed by atoms with Gasteiger partial charge in [0.2, 0.25) is 5.91 Å². The molecule has 3 rings (SSSR count). The van der Waals surface area contributed by atoms with E-state index in [1.807, 2.05) is 29.2 Å². The zero-order valence-electron chi connectivity index (χ0n) is 12.4. The molecular formula is C15H20N6O. The molecule has 1 aliphatic rings. The monoisotopic (exact) mass is 300 g/mol. The number of aromatic nitrogens is 4. The quantitative estimate of drug-likeness (QED) is 0.893. The highest BCUT2D eigenvalue weighted by atomic mass is 16.2. The molecule has 2 aromatic rings. The van der Waals surface area contributed by atoms with Crippen LogP contribution in [0.4, 0.5) is 0 Å². The summed E-state index contributed by atoms with van der Waals surface area (Å²) in [7, 11) is 0. The zero-order chi connectivity index (χ0) is 15.4. The summed E-state index contributed by atoms with van der Waals surface area (Å²) in [4.78, 5) is 14.3. The Bertz CT molecular complexity index is 609. The molecule has 2 N–H and O–H groups in total. The Hall–Kier alpha value is -2.28. The topological polar surface area (TPSA) is 89.9 Å². The summed E-state index contributed by atoms with van der Waals surface area (Å²) in [5.74, 6) is 0.171. The van der Waals surface area contributed by atoms with Crippen molar-refractivity contribution in [2.24, 2.45) is 5.73 Å². The van der Waals surface area contributed by atoms with E-state index in [0.29, 0.717) is 6.42 Å². The maximum atomic E-state index is 12.4. The summed E-state index contributed by atoms with van der Waals surface area (Å²) in [6.07, 6.45) is 4.85. The van der Waals surface area contributed by atoms with Crippen LogP contribution in [-0.2, 0) is 11.2 Å². The van der Waals surface area contributed by atoms with E-state index in [1.54, 1.807) is 11.0 Å². The molecule has 7 heteroatoms. The molecule has 0 radical (unpaired) electrons. The van der Waals surface area contributed by atoms with Crippen molar-refractivity contribution >= 4 is 5.91 Å². The molecule has 0 bridgehead atoms. The normalized spacial score (nSPS) is 19.0. The van der Waals surface area contributed by atoms with Crippen LogP contribution in [0.15, 0.2) is 30.6 Å². The van der Waals surface area contributed by atoms with Gasteiger partial charge in [-0.15, -0.1) is 5.10 Å². The van der Waals surface area contributed by atoms with E-state index in [1.165, 1.54) is 0 Å². The van der Waals surface area contributed by atoms with Crippen LogP contribution < -0.4 is 5.73 Å². The van der Waals surface area contributed by atoms with Crippen LogP contribution in [0, 0.1) is 0 Å². The number of amides is 1. The molecule has 0 spiro atoms.